The number of thioether (sulfide) groups is 1. The summed E-state index contributed by atoms with van der Waals surface area (Å²) < 4.78 is 0. The number of nitrogens with zero attached hydrogens (tertiary/aromatic N) is 2. The molecule has 0 aliphatic carbocycles. The van der Waals surface area contributed by atoms with Crippen LogP contribution in [0, 0.1) is 13.8 Å². The highest BCUT2D eigenvalue weighted by atomic mass is 32.2. The van der Waals surface area contributed by atoms with Crippen LogP contribution in [0.4, 0.5) is 0 Å². The van der Waals surface area contributed by atoms with Crippen LogP contribution in [-0.2, 0) is 5.75 Å². The van der Waals surface area contributed by atoms with Gasteiger partial charge in [-0.2, -0.15) is 0 Å². The Hall–Kier alpha value is -2.86. The third kappa shape index (κ3) is 3.41. The minimum Gasteiger partial charge on any atom is -0.357 e. The highest BCUT2D eigenvalue weighted by Crippen LogP contribution is 2.22. The summed E-state index contributed by atoms with van der Waals surface area (Å²) in [6, 6.07) is 15.6. The number of hydrogen-bond donors (Lipinski definition) is 2. The fraction of sp³-hybridized carbons (Fsp3) is 0.150. The molecule has 4 rings (SSSR count). The highest BCUT2D eigenvalue weighted by molar-refractivity contribution is 7.98. The molecule has 0 unspecified atom stereocenters. The third-order valence-corrected chi connectivity index (χ3v) is 5.08. The lowest BCUT2D eigenvalue weighted by molar-refractivity contribution is 0.972. The van der Waals surface area contributed by atoms with Crippen LogP contribution in [-0.4, -0.2) is 20.2 Å². The van der Waals surface area contributed by atoms with Gasteiger partial charge < -0.3 is 4.98 Å². The molecule has 0 aliphatic heterocycles. The van der Waals surface area contributed by atoms with Crippen LogP contribution in [0.3, 0.4) is 0 Å². The van der Waals surface area contributed by atoms with E-state index in [0.29, 0.717) is 10.9 Å². The molecule has 6 heteroatoms. The standard InChI is InChI=1S/C20H18N4OS/c1-12-3-6-14(7-4-12)19-22-20(24-23-19)26-11-15-10-18(25)16-9-13(2)5-8-17(16)21-15/h3-10H,11H2,1-2H3,(H,21,25)(H,22,23,24). The van der Waals surface area contributed by atoms with E-state index in [9.17, 15) is 4.79 Å². The predicted octanol–water partition coefficient (Wildman–Crippen LogP) is 4.22. The number of aromatic nitrogens is 4. The zero-order valence-corrected chi connectivity index (χ0v) is 15.4. The van der Waals surface area contributed by atoms with E-state index >= 15 is 0 Å². The summed E-state index contributed by atoms with van der Waals surface area (Å²) in [4.78, 5) is 20.2. The van der Waals surface area contributed by atoms with Crippen LogP contribution in [0.2, 0.25) is 0 Å². The monoisotopic (exact) mass is 362 g/mol. The number of aryl methyl sites for hydroxylation is 2. The van der Waals surface area contributed by atoms with Crippen molar-refractivity contribution in [3.63, 3.8) is 0 Å². The first-order valence-electron chi connectivity index (χ1n) is 8.33. The van der Waals surface area contributed by atoms with Crippen molar-refractivity contribution in [3.8, 4) is 11.4 Å². The van der Waals surface area contributed by atoms with Crippen molar-refractivity contribution < 1.29 is 0 Å². The van der Waals surface area contributed by atoms with Gasteiger partial charge in [-0.15, -0.1) is 5.10 Å². The van der Waals surface area contributed by atoms with Gasteiger partial charge in [0.25, 0.3) is 0 Å². The number of hydrogen-bond acceptors (Lipinski definition) is 4. The molecule has 4 aromatic rings. The maximum absolute atomic E-state index is 12.3. The van der Waals surface area contributed by atoms with E-state index in [-0.39, 0.29) is 5.43 Å². The number of rotatable bonds is 4. The Bertz CT molecular complexity index is 1130. The predicted molar refractivity (Wildman–Crippen MR) is 105 cm³/mol. The molecule has 0 bridgehead atoms. The van der Waals surface area contributed by atoms with Gasteiger partial charge in [0.15, 0.2) is 11.3 Å². The molecule has 0 aliphatic rings. The molecular formula is C20H18N4OS. The van der Waals surface area contributed by atoms with Crippen molar-refractivity contribution in [2.24, 2.45) is 0 Å². The Balaban J connectivity index is 1.52. The molecule has 0 spiro atoms. The van der Waals surface area contributed by atoms with Crippen molar-refractivity contribution in [2.75, 3.05) is 0 Å². The Morgan fingerprint density at radius 2 is 1.77 bits per heavy atom. The molecule has 26 heavy (non-hydrogen) atoms. The van der Waals surface area contributed by atoms with Crippen LogP contribution in [0.5, 0.6) is 0 Å². The van der Waals surface area contributed by atoms with Gasteiger partial charge in [0.2, 0.25) is 5.16 Å². The van der Waals surface area contributed by atoms with Crippen molar-refractivity contribution in [1.29, 1.82) is 0 Å². The average molecular weight is 362 g/mol. The zero-order chi connectivity index (χ0) is 18.1. The molecule has 0 atom stereocenters. The van der Waals surface area contributed by atoms with Gasteiger partial charge in [-0.25, -0.2) is 4.98 Å². The summed E-state index contributed by atoms with van der Waals surface area (Å²) in [6.45, 7) is 4.04. The molecule has 0 fully saturated rings. The van der Waals surface area contributed by atoms with E-state index in [1.54, 1.807) is 6.07 Å². The van der Waals surface area contributed by atoms with E-state index in [1.165, 1.54) is 17.3 Å². The van der Waals surface area contributed by atoms with Crippen molar-refractivity contribution >= 4 is 22.7 Å². The molecule has 2 N–H and O–H groups in total. The van der Waals surface area contributed by atoms with Gasteiger partial charge in [0.05, 0.1) is 0 Å². The number of fused-ring (bicyclic) bond motifs is 1. The van der Waals surface area contributed by atoms with Gasteiger partial charge in [-0.1, -0.05) is 53.2 Å². The number of benzene rings is 2. The second kappa shape index (κ2) is 6.80. The summed E-state index contributed by atoms with van der Waals surface area (Å²) in [5.41, 5.74) is 5.04. The molecule has 2 aromatic carbocycles. The van der Waals surface area contributed by atoms with E-state index in [1.807, 2.05) is 49.4 Å². The van der Waals surface area contributed by atoms with Crippen molar-refractivity contribution in [1.82, 2.24) is 20.2 Å². The van der Waals surface area contributed by atoms with Gasteiger partial charge in [-0.05, 0) is 26.0 Å². The molecule has 2 heterocycles. The fourth-order valence-corrected chi connectivity index (χ4v) is 3.49. The van der Waals surface area contributed by atoms with Crippen LogP contribution >= 0.6 is 11.8 Å². The van der Waals surface area contributed by atoms with E-state index in [4.69, 9.17) is 0 Å². The molecule has 0 amide bonds. The smallest absolute Gasteiger partial charge is 0.209 e. The summed E-state index contributed by atoms with van der Waals surface area (Å²) in [5, 5.41) is 8.61. The van der Waals surface area contributed by atoms with Crippen molar-refractivity contribution in [2.45, 2.75) is 24.8 Å². The first-order valence-corrected chi connectivity index (χ1v) is 9.32. The number of aromatic amines is 2. The van der Waals surface area contributed by atoms with Gasteiger partial charge in [-0.3, -0.25) is 9.89 Å². The summed E-state index contributed by atoms with van der Waals surface area (Å²) in [7, 11) is 0. The summed E-state index contributed by atoms with van der Waals surface area (Å²) in [6.07, 6.45) is 0. The molecule has 5 nitrogen and oxygen atoms in total. The lowest BCUT2D eigenvalue weighted by Crippen LogP contribution is -2.04. The Morgan fingerprint density at radius 3 is 2.58 bits per heavy atom. The fourth-order valence-electron chi connectivity index (χ4n) is 2.79. The minimum atomic E-state index is 0.0355. The van der Waals surface area contributed by atoms with E-state index in [2.05, 4.69) is 27.1 Å². The maximum Gasteiger partial charge on any atom is 0.209 e. The number of H-pyrrole nitrogens is 2. The normalized spacial score (nSPS) is 11.2. The maximum atomic E-state index is 12.3. The quantitative estimate of drug-likeness (QED) is 0.533. The highest BCUT2D eigenvalue weighted by Gasteiger charge is 2.08. The van der Waals surface area contributed by atoms with Gasteiger partial charge in [0, 0.05) is 34.0 Å². The lowest BCUT2D eigenvalue weighted by atomic mass is 10.1. The first kappa shape index (κ1) is 16.6. The molecule has 2 aromatic heterocycles. The second-order valence-corrected chi connectivity index (χ2v) is 7.27. The SMILES string of the molecule is Cc1ccc(-c2nc(SCc3cc(=O)c4cc(C)ccc4[nH]3)n[nH]2)cc1. The molecule has 130 valence electrons. The van der Waals surface area contributed by atoms with Crippen molar-refractivity contribution in [3.05, 3.63) is 75.6 Å². The Morgan fingerprint density at radius 1 is 1.00 bits per heavy atom. The molecule has 0 saturated carbocycles. The Kier molecular flexibility index (Phi) is 4.34. The second-order valence-electron chi connectivity index (χ2n) is 6.33. The average Bonchev–Trinajstić information content (AvgIpc) is 3.10. The molecular weight excluding hydrogens is 344 g/mol. The topological polar surface area (TPSA) is 74.4 Å². The van der Waals surface area contributed by atoms with Crippen LogP contribution in [0.15, 0.2) is 58.5 Å². The largest absolute Gasteiger partial charge is 0.357 e. The van der Waals surface area contributed by atoms with Gasteiger partial charge in [0.1, 0.15) is 0 Å². The third-order valence-electron chi connectivity index (χ3n) is 4.19. The van der Waals surface area contributed by atoms with E-state index < -0.39 is 0 Å². The van der Waals surface area contributed by atoms with Gasteiger partial charge >= 0.3 is 0 Å². The number of pyridine rings is 1. The number of nitrogens with one attached hydrogen (secondary N) is 2. The van der Waals surface area contributed by atoms with Crippen LogP contribution < -0.4 is 5.43 Å². The molecule has 0 radical (unpaired) electrons. The lowest BCUT2D eigenvalue weighted by Gasteiger charge is -2.04. The van der Waals surface area contributed by atoms with Crippen LogP contribution in [0.25, 0.3) is 22.3 Å². The Labute approximate surface area is 154 Å². The minimum absolute atomic E-state index is 0.0355. The van der Waals surface area contributed by atoms with E-state index in [0.717, 1.165) is 33.5 Å². The first-order chi connectivity index (χ1) is 12.6. The molecule has 0 saturated heterocycles. The zero-order valence-electron chi connectivity index (χ0n) is 14.5. The van der Waals surface area contributed by atoms with Crippen LogP contribution in [0.1, 0.15) is 16.8 Å². The summed E-state index contributed by atoms with van der Waals surface area (Å²) >= 11 is 1.49. The summed E-state index contributed by atoms with van der Waals surface area (Å²) in [5.74, 6) is 1.35.